The van der Waals surface area contributed by atoms with E-state index >= 15 is 0 Å². The lowest BCUT2D eigenvalue weighted by Crippen LogP contribution is -2.19. The minimum atomic E-state index is 0.503. The number of benzene rings is 1. The molecule has 0 aliphatic heterocycles. The first-order valence-corrected chi connectivity index (χ1v) is 8.60. The van der Waals surface area contributed by atoms with E-state index in [1.54, 1.807) is 0 Å². The predicted octanol–water partition coefficient (Wildman–Crippen LogP) is 5.26. The molecule has 2 heteroatoms. The van der Waals surface area contributed by atoms with E-state index in [1.807, 2.05) is 11.3 Å². The Kier molecular flexibility index (Phi) is 4.54. The molecule has 0 amide bonds. The van der Waals surface area contributed by atoms with Crippen LogP contribution in [0, 0.1) is 0 Å². The summed E-state index contributed by atoms with van der Waals surface area (Å²) in [6.07, 6.45) is 5.19. The van der Waals surface area contributed by atoms with E-state index in [1.165, 1.54) is 41.7 Å². The normalized spacial score (nSPS) is 16.2. The van der Waals surface area contributed by atoms with Gasteiger partial charge in [-0.2, -0.15) is 0 Å². The molecule has 1 nitrogen and oxygen atoms in total. The maximum Gasteiger partial charge on any atom is 0.0417 e. The topological polar surface area (TPSA) is 12.0 Å². The minimum absolute atomic E-state index is 0.503. The molecule has 2 aromatic rings. The minimum Gasteiger partial charge on any atom is -0.305 e. The summed E-state index contributed by atoms with van der Waals surface area (Å²) in [5.74, 6) is 0.857. The van der Waals surface area contributed by atoms with Crippen molar-refractivity contribution in [2.24, 2.45) is 0 Å². The molecule has 1 aliphatic rings. The zero-order valence-corrected chi connectivity index (χ0v) is 13.0. The third kappa shape index (κ3) is 3.50. The van der Waals surface area contributed by atoms with Crippen LogP contribution in [0.25, 0.3) is 0 Å². The largest absolute Gasteiger partial charge is 0.305 e. The highest BCUT2D eigenvalue weighted by molar-refractivity contribution is 7.10. The van der Waals surface area contributed by atoms with Crippen LogP contribution in [0.1, 0.15) is 60.6 Å². The van der Waals surface area contributed by atoms with E-state index in [-0.39, 0.29) is 0 Å². The fourth-order valence-corrected chi connectivity index (χ4v) is 3.53. The molecule has 1 unspecified atom stereocenters. The van der Waals surface area contributed by atoms with Crippen molar-refractivity contribution in [1.82, 2.24) is 5.32 Å². The molecule has 0 spiro atoms. The van der Waals surface area contributed by atoms with Gasteiger partial charge in [0.2, 0.25) is 0 Å². The van der Waals surface area contributed by atoms with E-state index in [0.717, 1.165) is 12.5 Å². The quantitative estimate of drug-likeness (QED) is 0.732. The SMILES string of the molecule is CCCC(NCc1ccc(C2CC2)cc1)c1cccs1. The zero-order chi connectivity index (χ0) is 13.8. The van der Waals surface area contributed by atoms with E-state index in [0.29, 0.717) is 6.04 Å². The lowest BCUT2D eigenvalue weighted by Gasteiger charge is -2.17. The summed E-state index contributed by atoms with van der Waals surface area (Å²) in [5.41, 5.74) is 2.92. The van der Waals surface area contributed by atoms with Crippen molar-refractivity contribution in [3.63, 3.8) is 0 Å². The van der Waals surface area contributed by atoms with Crippen molar-refractivity contribution in [2.45, 2.75) is 51.1 Å². The molecule has 1 atom stereocenters. The highest BCUT2D eigenvalue weighted by Gasteiger charge is 2.22. The van der Waals surface area contributed by atoms with Gasteiger partial charge in [0, 0.05) is 17.5 Å². The first-order chi connectivity index (χ1) is 9.86. The average Bonchev–Trinajstić information content (AvgIpc) is 3.19. The second kappa shape index (κ2) is 6.55. The van der Waals surface area contributed by atoms with Crippen LogP contribution in [-0.2, 0) is 6.54 Å². The number of nitrogens with one attached hydrogen (secondary N) is 1. The molecule has 1 saturated carbocycles. The molecule has 106 valence electrons. The van der Waals surface area contributed by atoms with Crippen LogP contribution in [-0.4, -0.2) is 0 Å². The van der Waals surface area contributed by atoms with E-state index in [9.17, 15) is 0 Å². The third-order valence-corrected chi connectivity index (χ3v) is 5.03. The van der Waals surface area contributed by atoms with E-state index in [2.05, 4.69) is 54.0 Å². The molecule has 1 heterocycles. The summed E-state index contributed by atoms with van der Waals surface area (Å²) in [6, 6.07) is 14.1. The van der Waals surface area contributed by atoms with Crippen LogP contribution in [0.2, 0.25) is 0 Å². The van der Waals surface area contributed by atoms with Gasteiger partial charge in [-0.15, -0.1) is 11.3 Å². The molecule has 1 fully saturated rings. The van der Waals surface area contributed by atoms with Crippen LogP contribution in [0.15, 0.2) is 41.8 Å². The lowest BCUT2D eigenvalue weighted by atomic mass is 10.1. The zero-order valence-electron chi connectivity index (χ0n) is 12.1. The van der Waals surface area contributed by atoms with Gasteiger partial charge in [-0.3, -0.25) is 0 Å². The highest BCUT2D eigenvalue weighted by Crippen LogP contribution is 2.39. The van der Waals surface area contributed by atoms with E-state index < -0.39 is 0 Å². The monoisotopic (exact) mass is 285 g/mol. The van der Waals surface area contributed by atoms with Crippen molar-refractivity contribution < 1.29 is 0 Å². The van der Waals surface area contributed by atoms with Gasteiger partial charge in [0.15, 0.2) is 0 Å². The summed E-state index contributed by atoms with van der Waals surface area (Å²) in [5, 5.41) is 5.88. The Morgan fingerprint density at radius 2 is 2.00 bits per heavy atom. The Morgan fingerprint density at radius 3 is 2.60 bits per heavy atom. The number of hydrogen-bond donors (Lipinski definition) is 1. The summed E-state index contributed by atoms with van der Waals surface area (Å²) in [7, 11) is 0. The number of thiophene rings is 1. The maximum absolute atomic E-state index is 3.71. The molecular weight excluding hydrogens is 262 g/mol. The van der Waals surface area contributed by atoms with Crippen molar-refractivity contribution in [2.75, 3.05) is 0 Å². The van der Waals surface area contributed by atoms with Crippen LogP contribution in [0.3, 0.4) is 0 Å². The van der Waals surface area contributed by atoms with Crippen molar-refractivity contribution >= 4 is 11.3 Å². The Morgan fingerprint density at radius 1 is 1.20 bits per heavy atom. The standard InChI is InChI=1S/C18H23NS/c1-2-4-17(18-5-3-12-20-18)19-13-14-6-8-15(9-7-14)16-10-11-16/h3,5-9,12,16-17,19H,2,4,10-11,13H2,1H3. The molecule has 3 rings (SSSR count). The molecule has 0 bridgehead atoms. The van der Waals surface area contributed by atoms with Gasteiger partial charge < -0.3 is 5.32 Å². The Balaban J connectivity index is 1.58. The molecular formula is C18H23NS. The van der Waals surface area contributed by atoms with E-state index in [4.69, 9.17) is 0 Å². The number of hydrogen-bond acceptors (Lipinski definition) is 2. The molecule has 0 radical (unpaired) electrons. The fourth-order valence-electron chi connectivity index (χ4n) is 2.69. The molecule has 1 aliphatic carbocycles. The van der Waals surface area contributed by atoms with Gasteiger partial charge in [0.1, 0.15) is 0 Å². The second-order valence-corrected chi connectivity index (χ2v) is 6.73. The van der Waals surface area contributed by atoms with Gasteiger partial charge in [0.25, 0.3) is 0 Å². The molecule has 1 N–H and O–H groups in total. The number of rotatable bonds is 7. The van der Waals surface area contributed by atoms with Crippen LogP contribution in [0.5, 0.6) is 0 Å². The average molecular weight is 285 g/mol. The van der Waals surface area contributed by atoms with Crippen LogP contribution >= 0.6 is 11.3 Å². The van der Waals surface area contributed by atoms with Gasteiger partial charge in [0.05, 0.1) is 0 Å². The molecule has 0 saturated heterocycles. The smallest absolute Gasteiger partial charge is 0.0417 e. The molecule has 1 aromatic carbocycles. The summed E-state index contributed by atoms with van der Waals surface area (Å²) in [6.45, 7) is 3.22. The lowest BCUT2D eigenvalue weighted by molar-refractivity contribution is 0.500. The van der Waals surface area contributed by atoms with Crippen molar-refractivity contribution in [3.8, 4) is 0 Å². The third-order valence-electron chi connectivity index (χ3n) is 4.05. The maximum atomic E-state index is 3.71. The highest BCUT2D eigenvalue weighted by atomic mass is 32.1. The molecule has 20 heavy (non-hydrogen) atoms. The Hall–Kier alpha value is -1.12. The summed E-state index contributed by atoms with van der Waals surface area (Å²) >= 11 is 1.86. The van der Waals surface area contributed by atoms with Gasteiger partial charge in [-0.05, 0) is 47.8 Å². The fraction of sp³-hybridized carbons (Fsp3) is 0.444. The van der Waals surface area contributed by atoms with Crippen LogP contribution < -0.4 is 5.32 Å². The van der Waals surface area contributed by atoms with Gasteiger partial charge >= 0.3 is 0 Å². The Labute approximate surface area is 126 Å². The van der Waals surface area contributed by atoms with Crippen molar-refractivity contribution in [1.29, 1.82) is 0 Å². The van der Waals surface area contributed by atoms with Crippen molar-refractivity contribution in [3.05, 3.63) is 57.8 Å². The van der Waals surface area contributed by atoms with Crippen LogP contribution in [0.4, 0.5) is 0 Å². The molecule has 1 aromatic heterocycles. The second-order valence-electron chi connectivity index (χ2n) is 5.75. The Bertz CT molecular complexity index is 511. The first kappa shape index (κ1) is 13.8. The first-order valence-electron chi connectivity index (χ1n) is 7.72. The summed E-state index contributed by atoms with van der Waals surface area (Å²) in [4.78, 5) is 1.46. The predicted molar refractivity (Wildman–Crippen MR) is 87.2 cm³/mol. The summed E-state index contributed by atoms with van der Waals surface area (Å²) < 4.78 is 0. The van der Waals surface area contributed by atoms with Gasteiger partial charge in [-0.1, -0.05) is 43.7 Å². The van der Waals surface area contributed by atoms with Gasteiger partial charge in [-0.25, -0.2) is 0 Å².